The van der Waals surface area contributed by atoms with Crippen molar-refractivity contribution in [2.24, 2.45) is 0 Å². The van der Waals surface area contributed by atoms with E-state index < -0.39 is 12.1 Å². The van der Waals surface area contributed by atoms with Gasteiger partial charge in [-0.1, -0.05) is 30.3 Å². The van der Waals surface area contributed by atoms with E-state index in [1.807, 2.05) is 30.3 Å². The fourth-order valence-electron chi connectivity index (χ4n) is 2.33. The number of benzene rings is 2. The quantitative estimate of drug-likeness (QED) is 0.830. The van der Waals surface area contributed by atoms with E-state index >= 15 is 0 Å². The number of methoxy groups -OCH3 is 1. The Balaban J connectivity index is 1.78. The number of hydrogen-bond donors (Lipinski definition) is 1. The Kier molecular flexibility index (Phi) is 4.79. The molecule has 0 aliphatic heterocycles. The van der Waals surface area contributed by atoms with Crippen LogP contribution < -0.4 is 10.1 Å². The molecule has 0 spiro atoms. The Morgan fingerprint density at radius 3 is 2.29 bits per heavy atom. The minimum Gasteiger partial charge on any atom is -0.476 e. The van der Waals surface area contributed by atoms with Crippen LogP contribution in [0.5, 0.6) is 5.75 Å². The highest BCUT2D eigenvalue weighted by molar-refractivity contribution is 5.89. The maximum atomic E-state index is 12.5. The number of rotatable bonds is 6. The first-order valence-corrected chi connectivity index (χ1v) is 7.88. The smallest absolute Gasteiger partial charge is 0.337 e. The van der Waals surface area contributed by atoms with Gasteiger partial charge in [0.05, 0.1) is 12.7 Å². The van der Waals surface area contributed by atoms with Crippen molar-refractivity contribution in [2.45, 2.75) is 25.0 Å². The predicted octanol–water partition coefficient (Wildman–Crippen LogP) is 2.87. The highest BCUT2D eigenvalue weighted by atomic mass is 16.5. The molecule has 0 aromatic heterocycles. The van der Waals surface area contributed by atoms with Crippen LogP contribution in [-0.4, -0.2) is 25.0 Å². The number of nitrogens with one attached hydrogen (secondary N) is 1. The number of esters is 1. The van der Waals surface area contributed by atoms with E-state index in [9.17, 15) is 9.59 Å². The lowest BCUT2D eigenvalue weighted by molar-refractivity contribution is -0.128. The van der Waals surface area contributed by atoms with Crippen LogP contribution in [0.1, 0.15) is 34.9 Å². The van der Waals surface area contributed by atoms with Gasteiger partial charge in [0, 0.05) is 11.6 Å². The molecular formula is C19H19NO4. The summed E-state index contributed by atoms with van der Waals surface area (Å²) < 4.78 is 10.6. The van der Waals surface area contributed by atoms with Gasteiger partial charge in [-0.25, -0.2) is 4.79 Å². The van der Waals surface area contributed by atoms with Gasteiger partial charge in [-0.15, -0.1) is 0 Å². The summed E-state index contributed by atoms with van der Waals surface area (Å²) in [4.78, 5) is 24.0. The molecule has 1 aliphatic rings. The van der Waals surface area contributed by atoms with Gasteiger partial charge in [-0.2, -0.15) is 0 Å². The first-order valence-electron chi connectivity index (χ1n) is 7.88. The van der Waals surface area contributed by atoms with Crippen LogP contribution in [0.25, 0.3) is 0 Å². The molecule has 0 saturated heterocycles. The molecule has 2 aromatic rings. The van der Waals surface area contributed by atoms with Gasteiger partial charge in [-0.05, 0) is 37.1 Å². The molecule has 0 heterocycles. The van der Waals surface area contributed by atoms with Crippen molar-refractivity contribution < 1.29 is 19.1 Å². The van der Waals surface area contributed by atoms with Crippen molar-refractivity contribution in [3.05, 3.63) is 65.7 Å². The molecule has 1 amide bonds. The Hall–Kier alpha value is -2.82. The Morgan fingerprint density at radius 2 is 1.71 bits per heavy atom. The lowest BCUT2D eigenvalue weighted by Gasteiger charge is -2.19. The minimum atomic E-state index is -0.726. The molecular weight excluding hydrogens is 306 g/mol. The summed E-state index contributed by atoms with van der Waals surface area (Å²) in [6, 6.07) is 16.2. The van der Waals surface area contributed by atoms with Gasteiger partial charge < -0.3 is 14.8 Å². The Labute approximate surface area is 140 Å². The highest BCUT2D eigenvalue weighted by Crippen LogP contribution is 2.25. The van der Waals surface area contributed by atoms with Crippen molar-refractivity contribution in [2.75, 3.05) is 7.11 Å². The highest BCUT2D eigenvalue weighted by Gasteiger charge is 2.29. The number of ether oxygens (including phenoxy) is 2. The van der Waals surface area contributed by atoms with E-state index in [1.165, 1.54) is 7.11 Å². The predicted molar refractivity (Wildman–Crippen MR) is 88.8 cm³/mol. The van der Waals surface area contributed by atoms with Crippen molar-refractivity contribution >= 4 is 11.9 Å². The second kappa shape index (κ2) is 7.17. The molecule has 3 rings (SSSR count). The summed E-state index contributed by atoms with van der Waals surface area (Å²) in [6.07, 6.45) is 1.30. The second-order valence-electron chi connectivity index (χ2n) is 5.71. The first-order chi connectivity index (χ1) is 11.7. The second-order valence-corrected chi connectivity index (χ2v) is 5.71. The van der Waals surface area contributed by atoms with Crippen LogP contribution >= 0.6 is 0 Å². The van der Waals surface area contributed by atoms with Crippen molar-refractivity contribution in [3.8, 4) is 5.75 Å². The molecule has 0 radical (unpaired) electrons. The lowest BCUT2D eigenvalue weighted by atomic mass is 10.1. The van der Waals surface area contributed by atoms with Crippen molar-refractivity contribution in [1.29, 1.82) is 0 Å². The molecule has 1 aliphatic carbocycles. The molecule has 1 N–H and O–H groups in total. The number of amides is 1. The van der Waals surface area contributed by atoms with E-state index in [4.69, 9.17) is 4.74 Å². The average Bonchev–Trinajstić information content (AvgIpc) is 3.44. The van der Waals surface area contributed by atoms with E-state index in [0.29, 0.717) is 11.3 Å². The van der Waals surface area contributed by atoms with Gasteiger partial charge in [0.25, 0.3) is 5.91 Å². The summed E-state index contributed by atoms with van der Waals surface area (Å²) in [5.41, 5.74) is 1.22. The van der Waals surface area contributed by atoms with Gasteiger partial charge in [0.15, 0.2) is 0 Å². The maximum Gasteiger partial charge on any atom is 0.337 e. The minimum absolute atomic E-state index is 0.152. The maximum absolute atomic E-state index is 12.5. The van der Waals surface area contributed by atoms with Crippen LogP contribution in [0.3, 0.4) is 0 Å². The summed E-state index contributed by atoms with van der Waals surface area (Å²) in [5, 5.41) is 2.97. The largest absolute Gasteiger partial charge is 0.476 e. The summed E-state index contributed by atoms with van der Waals surface area (Å²) >= 11 is 0. The molecule has 124 valence electrons. The monoisotopic (exact) mass is 325 g/mol. The van der Waals surface area contributed by atoms with Crippen LogP contribution in [-0.2, 0) is 9.53 Å². The van der Waals surface area contributed by atoms with E-state index in [2.05, 4.69) is 10.1 Å². The molecule has 2 aromatic carbocycles. The van der Waals surface area contributed by atoms with Crippen LogP contribution in [0.15, 0.2) is 54.6 Å². The van der Waals surface area contributed by atoms with E-state index in [-0.39, 0.29) is 11.9 Å². The fourth-order valence-corrected chi connectivity index (χ4v) is 2.33. The topological polar surface area (TPSA) is 64.6 Å². The van der Waals surface area contributed by atoms with Crippen LogP contribution in [0, 0.1) is 0 Å². The molecule has 0 unspecified atom stereocenters. The number of carbonyl (C=O) groups is 2. The zero-order valence-electron chi connectivity index (χ0n) is 13.4. The lowest BCUT2D eigenvalue weighted by Crippen LogP contribution is -2.33. The first kappa shape index (κ1) is 16.1. The summed E-state index contributed by atoms with van der Waals surface area (Å²) in [5.74, 6) is -0.0455. The summed E-state index contributed by atoms with van der Waals surface area (Å²) in [6.45, 7) is 0. The van der Waals surface area contributed by atoms with Crippen LogP contribution in [0.4, 0.5) is 0 Å². The SMILES string of the molecule is COC(=O)c1ccc(O[C@H](C(=O)NC2CC2)c2ccccc2)cc1. The molecule has 1 fully saturated rings. The fraction of sp³-hybridized carbons (Fsp3) is 0.263. The third-order valence-corrected chi connectivity index (χ3v) is 3.79. The Morgan fingerprint density at radius 1 is 1.04 bits per heavy atom. The summed E-state index contributed by atoms with van der Waals surface area (Å²) in [7, 11) is 1.33. The van der Waals surface area contributed by atoms with Gasteiger partial charge >= 0.3 is 5.97 Å². The molecule has 0 bridgehead atoms. The van der Waals surface area contributed by atoms with Crippen LogP contribution in [0.2, 0.25) is 0 Å². The molecule has 5 nitrogen and oxygen atoms in total. The average molecular weight is 325 g/mol. The molecule has 5 heteroatoms. The van der Waals surface area contributed by atoms with Gasteiger partial charge in [0.2, 0.25) is 6.10 Å². The molecule has 24 heavy (non-hydrogen) atoms. The van der Waals surface area contributed by atoms with E-state index in [0.717, 1.165) is 18.4 Å². The number of hydrogen-bond acceptors (Lipinski definition) is 4. The Bertz CT molecular complexity index is 708. The molecule has 1 atom stereocenters. The standard InChI is InChI=1S/C19H19NO4/c1-23-19(22)14-7-11-16(12-8-14)24-17(13-5-3-2-4-6-13)18(21)20-15-9-10-15/h2-8,11-12,15,17H,9-10H2,1H3,(H,20,21)/t17-/m0/s1. The normalized spacial score (nSPS) is 14.5. The third-order valence-electron chi connectivity index (χ3n) is 3.79. The van der Waals surface area contributed by atoms with Crippen molar-refractivity contribution in [3.63, 3.8) is 0 Å². The zero-order valence-corrected chi connectivity index (χ0v) is 13.4. The van der Waals surface area contributed by atoms with E-state index in [1.54, 1.807) is 24.3 Å². The third kappa shape index (κ3) is 3.93. The number of carbonyl (C=O) groups excluding carboxylic acids is 2. The molecule has 1 saturated carbocycles. The van der Waals surface area contributed by atoms with Gasteiger partial charge in [0.1, 0.15) is 5.75 Å². The zero-order chi connectivity index (χ0) is 16.9. The van der Waals surface area contributed by atoms with Crippen molar-refractivity contribution in [1.82, 2.24) is 5.32 Å². The van der Waals surface area contributed by atoms with Gasteiger partial charge in [-0.3, -0.25) is 4.79 Å².